The summed E-state index contributed by atoms with van der Waals surface area (Å²) in [4.78, 5) is 7.50. The highest BCUT2D eigenvalue weighted by Gasteiger charge is 2.42. The SMILES string of the molecule is N#Cc1c[nH]c(-c2nc(C3CC4CCC3C4)no2)c1. The first kappa shape index (κ1) is 10.8. The molecule has 0 radical (unpaired) electrons. The van der Waals surface area contributed by atoms with Crippen LogP contribution < -0.4 is 0 Å². The van der Waals surface area contributed by atoms with Crippen molar-refractivity contribution in [1.82, 2.24) is 15.1 Å². The Kier molecular flexibility index (Phi) is 2.25. The van der Waals surface area contributed by atoms with Crippen molar-refractivity contribution < 1.29 is 4.52 Å². The van der Waals surface area contributed by atoms with Crippen LogP contribution in [0.2, 0.25) is 0 Å². The van der Waals surface area contributed by atoms with Crippen molar-refractivity contribution in [2.75, 3.05) is 0 Å². The van der Waals surface area contributed by atoms with E-state index >= 15 is 0 Å². The summed E-state index contributed by atoms with van der Waals surface area (Å²) in [6.07, 6.45) is 6.86. The predicted octanol–water partition coefficient (Wildman–Crippen LogP) is 2.84. The van der Waals surface area contributed by atoms with E-state index in [9.17, 15) is 0 Å². The summed E-state index contributed by atoms with van der Waals surface area (Å²) in [6, 6.07) is 3.81. The summed E-state index contributed by atoms with van der Waals surface area (Å²) in [5.41, 5.74) is 1.30. The van der Waals surface area contributed by atoms with Gasteiger partial charge in [0.15, 0.2) is 5.82 Å². The number of nitrogens with one attached hydrogen (secondary N) is 1. The Labute approximate surface area is 110 Å². The first-order chi connectivity index (χ1) is 9.33. The number of fused-ring (bicyclic) bond motifs is 2. The molecule has 2 bridgehead atoms. The molecule has 2 heterocycles. The first-order valence-electron chi connectivity index (χ1n) is 6.76. The van der Waals surface area contributed by atoms with Crippen LogP contribution in [0, 0.1) is 23.2 Å². The fourth-order valence-corrected chi connectivity index (χ4v) is 3.64. The minimum atomic E-state index is 0.474. The number of aromatic amines is 1. The summed E-state index contributed by atoms with van der Waals surface area (Å²) in [5, 5.41) is 12.9. The van der Waals surface area contributed by atoms with Crippen LogP contribution in [-0.4, -0.2) is 15.1 Å². The van der Waals surface area contributed by atoms with E-state index in [2.05, 4.69) is 21.2 Å². The van der Waals surface area contributed by atoms with Crippen molar-refractivity contribution in [3.8, 4) is 17.7 Å². The summed E-state index contributed by atoms with van der Waals surface area (Å²) in [6.45, 7) is 0. The molecule has 4 rings (SSSR count). The topological polar surface area (TPSA) is 78.5 Å². The number of hydrogen-bond donors (Lipinski definition) is 1. The summed E-state index contributed by atoms with van der Waals surface area (Å²) in [5.74, 6) is 3.41. The zero-order valence-electron chi connectivity index (χ0n) is 10.5. The van der Waals surface area contributed by atoms with Crippen molar-refractivity contribution in [3.05, 3.63) is 23.7 Å². The Hall–Kier alpha value is -2.09. The van der Waals surface area contributed by atoms with Gasteiger partial charge < -0.3 is 9.51 Å². The highest BCUT2D eigenvalue weighted by atomic mass is 16.5. The molecule has 0 aromatic carbocycles. The molecule has 0 aliphatic heterocycles. The molecule has 2 aromatic heterocycles. The zero-order valence-corrected chi connectivity index (χ0v) is 10.5. The lowest BCUT2D eigenvalue weighted by atomic mass is 9.88. The Bertz CT molecular complexity index is 650. The first-order valence-corrected chi connectivity index (χ1v) is 6.76. The highest BCUT2D eigenvalue weighted by molar-refractivity contribution is 5.51. The molecule has 5 nitrogen and oxygen atoms in total. The summed E-state index contributed by atoms with van der Waals surface area (Å²) < 4.78 is 5.33. The maximum absolute atomic E-state index is 8.81. The third-order valence-corrected chi connectivity index (χ3v) is 4.55. The molecule has 2 aromatic rings. The average molecular weight is 254 g/mol. The van der Waals surface area contributed by atoms with E-state index in [0.717, 1.165) is 23.4 Å². The van der Waals surface area contributed by atoms with Crippen LogP contribution in [0.4, 0.5) is 0 Å². The standard InChI is InChI=1S/C14H14N4O/c15-6-9-5-12(16-7-9)14-17-13(18-19-14)11-4-8-1-2-10(11)3-8/h5,7-8,10-11,16H,1-4H2. The van der Waals surface area contributed by atoms with E-state index < -0.39 is 0 Å². The monoisotopic (exact) mass is 254 g/mol. The minimum Gasteiger partial charge on any atom is -0.356 e. The van der Waals surface area contributed by atoms with Gasteiger partial charge in [-0.1, -0.05) is 11.6 Å². The molecular formula is C14H14N4O. The lowest BCUT2D eigenvalue weighted by Crippen LogP contribution is -2.09. The van der Waals surface area contributed by atoms with Crippen molar-refractivity contribution in [1.29, 1.82) is 5.26 Å². The van der Waals surface area contributed by atoms with Gasteiger partial charge in [0, 0.05) is 12.1 Å². The number of H-pyrrole nitrogens is 1. The van der Waals surface area contributed by atoms with Crippen LogP contribution in [-0.2, 0) is 0 Å². The Balaban J connectivity index is 1.61. The highest BCUT2D eigenvalue weighted by Crippen LogP contribution is 2.52. The second kappa shape index (κ2) is 3.95. The molecule has 5 heteroatoms. The molecule has 2 saturated carbocycles. The van der Waals surface area contributed by atoms with Crippen LogP contribution >= 0.6 is 0 Å². The van der Waals surface area contributed by atoms with Gasteiger partial charge >= 0.3 is 0 Å². The van der Waals surface area contributed by atoms with E-state index in [1.54, 1.807) is 12.3 Å². The van der Waals surface area contributed by atoms with Crippen LogP contribution in [0.3, 0.4) is 0 Å². The number of aromatic nitrogens is 3. The molecule has 96 valence electrons. The fourth-order valence-electron chi connectivity index (χ4n) is 3.64. The maximum atomic E-state index is 8.81. The smallest absolute Gasteiger partial charge is 0.274 e. The molecule has 2 aliphatic rings. The van der Waals surface area contributed by atoms with Gasteiger partial charge in [-0.15, -0.1) is 0 Å². The van der Waals surface area contributed by atoms with Gasteiger partial charge in [-0.25, -0.2) is 0 Å². The Morgan fingerprint density at radius 2 is 2.32 bits per heavy atom. The molecule has 0 amide bonds. The predicted molar refractivity (Wildman–Crippen MR) is 67.0 cm³/mol. The largest absolute Gasteiger partial charge is 0.356 e. The quantitative estimate of drug-likeness (QED) is 0.893. The normalized spacial score (nSPS) is 28.7. The Morgan fingerprint density at radius 1 is 1.37 bits per heavy atom. The van der Waals surface area contributed by atoms with Gasteiger partial charge in [0.2, 0.25) is 0 Å². The summed E-state index contributed by atoms with van der Waals surface area (Å²) >= 11 is 0. The molecule has 19 heavy (non-hydrogen) atoms. The van der Waals surface area contributed by atoms with Gasteiger partial charge in [-0.3, -0.25) is 0 Å². The zero-order chi connectivity index (χ0) is 12.8. The van der Waals surface area contributed by atoms with Gasteiger partial charge in [-0.05, 0) is 37.2 Å². The lowest BCUT2D eigenvalue weighted by Gasteiger charge is -2.17. The molecule has 1 N–H and O–H groups in total. The van der Waals surface area contributed by atoms with Crippen LogP contribution in [0.5, 0.6) is 0 Å². The van der Waals surface area contributed by atoms with Crippen LogP contribution in [0.15, 0.2) is 16.8 Å². The van der Waals surface area contributed by atoms with E-state index in [1.807, 2.05) is 0 Å². The second-order valence-electron chi connectivity index (χ2n) is 5.65. The minimum absolute atomic E-state index is 0.474. The van der Waals surface area contributed by atoms with Gasteiger partial charge in [0.1, 0.15) is 11.8 Å². The molecule has 2 fully saturated rings. The molecular weight excluding hydrogens is 240 g/mol. The van der Waals surface area contributed by atoms with Crippen molar-refractivity contribution in [2.24, 2.45) is 11.8 Å². The van der Waals surface area contributed by atoms with Gasteiger partial charge in [-0.2, -0.15) is 10.2 Å². The van der Waals surface area contributed by atoms with Gasteiger partial charge in [0.25, 0.3) is 5.89 Å². The Morgan fingerprint density at radius 3 is 3.00 bits per heavy atom. The average Bonchev–Trinajstić information content (AvgIpc) is 3.19. The van der Waals surface area contributed by atoms with E-state index in [0.29, 0.717) is 17.4 Å². The number of hydrogen-bond acceptors (Lipinski definition) is 4. The van der Waals surface area contributed by atoms with Crippen LogP contribution in [0.25, 0.3) is 11.6 Å². The van der Waals surface area contributed by atoms with E-state index in [1.165, 1.54) is 25.7 Å². The van der Waals surface area contributed by atoms with Crippen molar-refractivity contribution >= 4 is 0 Å². The molecule has 2 aliphatic carbocycles. The molecule has 3 atom stereocenters. The van der Waals surface area contributed by atoms with Crippen molar-refractivity contribution in [3.63, 3.8) is 0 Å². The molecule has 0 saturated heterocycles. The third kappa shape index (κ3) is 1.67. The third-order valence-electron chi connectivity index (χ3n) is 4.55. The molecule has 3 unspecified atom stereocenters. The fraction of sp³-hybridized carbons (Fsp3) is 0.500. The molecule has 0 spiro atoms. The van der Waals surface area contributed by atoms with Crippen molar-refractivity contribution in [2.45, 2.75) is 31.6 Å². The maximum Gasteiger partial charge on any atom is 0.274 e. The number of rotatable bonds is 2. The van der Waals surface area contributed by atoms with Crippen LogP contribution in [0.1, 0.15) is 43.0 Å². The second-order valence-corrected chi connectivity index (χ2v) is 5.65. The lowest BCUT2D eigenvalue weighted by molar-refractivity contribution is 0.372. The summed E-state index contributed by atoms with van der Waals surface area (Å²) in [7, 11) is 0. The van der Waals surface area contributed by atoms with E-state index in [4.69, 9.17) is 9.78 Å². The number of nitriles is 1. The van der Waals surface area contributed by atoms with E-state index in [-0.39, 0.29) is 0 Å². The van der Waals surface area contributed by atoms with Gasteiger partial charge in [0.05, 0.1) is 5.56 Å². The number of nitrogens with zero attached hydrogens (tertiary/aromatic N) is 3.